The number of rotatable bonds is 4. The van der Waals surface area contributed by atoms with E-state index >= 15 is 0 Å². The van der Waals surface area contributed by atoms with Crippen molar-refractivity contribution in [1.82, 2.24) is 5.32 Å². The van der Waals surface area contributed by atoms with E-state index in [4.69, 9.17) is 20.9 Å². The van der Waals surface area contributed by atoms with E-state index in [9.17, 15) is 4.79 Å². The van der Waals surface area contributed by atoms with Gasteiger partial charge < -0.3 is 21.1 Å². The third-order valence-electron chi connectivity index (χ3n) is 6.06. The molecule has 3 aromatic rings. The van der Waals surface area contributed by atoms with Crippen LogP contribution in [0.5, 0.6) is 5.75 Å². The summed E-state index contributed by atoms with van der Waals surface area (Å²) in [6, 6.07) is 18.9. The Balaban J connectivity index is 1.24. The van der Waals surface area contributed by atoms with E-state index in [1.807, 2.05) is 30.3 Å². The molecule has 162 valence electrons. The summed E-state index contributed by atoms with van der Waals surface area (Å²) in [4.78, 5) is 17.3. The van der Waals surface area contributed by atoms with E-state index in [1.54, 1.807) is 30.3 Å². The summed E-state index contributed by atoms with van der Waals surface area (Å²) in [5.41, 5.74) is 7.55. The average Bonchev–Trinajstić information content (AvgIpc) is 3.21. The minimum Gasteiger partial charge on any atom is -0.423 e. The summed E-state index contributed by atoms with van der Waals surface area (Å²) in [6.45, 7) is 0. The first kappa shape index (κ1) is 20.1. The van der Waals surface area contributed by atoms with Crippen LogP contribution in [0.1, 0.15) is 41.6 Å². The van der Waals surface area contributed by atoms with E-state index in [0.29, 0.717) is 29.0 Å². The molecule has 1 saturated carbocycles. The van der Waals surface area contributed by atoms with Crippen molar-refractivity contribution >= 4 is 34.2 Å². The quantitative estimate of drug-likeness (QED) is 0.217. The van der Waals surface area contributed by atoms with Gasteiger partial charge in [0.25, 0.3) is 0 Å². The summed E-state index contributed by atoms with van der Waals surface area (Å²) in [6.07, 6.45) is 4.80. The van der Waals surface area contributed by atoms with E-state index in [0.717, 1.165) is 35.3 Å². The van der Waals surface area contributed by atoms with Gasteiger partial charge >= 0.3 is 5.97 Å². The number of nitrogens with two attached hydrogens (primary N) is 1. The van der Waals surface area contributed by atoms with Crippen LogP contribution in [0, 0.1) is 5.41 Å². The SMILES string of the molecule is N=C(N)c1ccc2cc(OC(=O)c3ccc(NC4=NC5CCCCC5N4)cc3)ccc2c1. The van der Waals surface area contributed by atoms with E-state index in [1.165, 1.54) is 12.8 Å². The van der Waals surface area contributed by atoms with Crippen LogP contribution >= 0.6 is 0 Å². The Morgan fingerprint density at radius 2 is 1.72 bits per heavy atom. The fraction of sp³-hybridized carbons (Fsp3) is 0.240. The lowest BCUT2D eigenvalue weighted by molar-refractivity contribution is 0.0735. The highest BCUT2D eigenvalue weighted by atomic mass is 16.5. The number of nitrogen functional groups attached to an aromatic ring is 1. The van der Waals surface area contributed by atoms with Crippen LogP contribution in [0.25, 0.3) is 10.8 Å². The normalized spacial score (nSPS) is 19.6. The number of fused-ring (bicyclic) bond motifs is 2. The van der Waals surface area contributed by atoms with Gasteiger partial charge in [0.2, 0.25) is 0 Å². The standard InChI is InChI=1S/C25H25N5O2/c26-23(27)18-6-5-17-14-20(12-9-16(17)13-18)32-24(31)15-7-10-19(11-8-15)28-25-29-21-3-1-2-4-22(21)30-25/h5-14,21-22H,1-4H2,(H3,26,27)(H2,28,29,30). The number of carbonyl (C=O) groups is 1. The number of amidine groups is 1. The molecule has 7 nitrogen and oxygen atoms in total. The van der Waals surface area contributed by atoms with Crippen LogP contribution in [-0.2, 0) is 0 Å². The van der Waals surface area contributed by atoms with Gasteiger partial charge in [0.1, 0.15) is 11.6 Å². The second-order valence-electron chi connectivity index (χ2n) is 8.31. The number of carbonyl (C=O) groups excluding carboxylic acids is 1. The fourth-order valence-corrected chi connectivity index (χ4v) is 4.33. The average molecular weight is 428 g/mol. The molecule has 1 heterocycles. The summed E-state index contributed by atoms with van der Waals surface area (Å²) in [7, 11) is 0. The molecule has 1 aliphatic carbocycles. The molecular weight excluding hydrogens is 402 g/mol. The third-order valence-corrected chi connectivity index (χ3v) is 6.06. The zero-order valence-electron chi connectivity index (χ0n) is 17.6. The second-order valence-corrected chi connectivity index (χ2v) is 8.31. The summed E-state index contributed by atoms with van der Waals surface area (Å²) >= 11 is 0. The molecule has 7 heteroatoms. The summed E-state index contributed by atoms with van der Waals surface area (Å²) < 4.78 is 5.56. The molecule has 0 saturated heterocycles. The Morgan fingerprint density at radius 3 is 2.50 bits per heavy atom. The Morgan fingerprint density at radius 1 is 1.00 bits per heavy atom. The highest BCUT2D eigenvalue weighted by molar-refractivity contribution is 6.00. The van der Waals surface area contributed by atoms with Gasteiger partial charge in [-0.25, -0.2) is 9.79 Å². The first-order valence-corrected chi connectivity index (χ1v) is 10.9. The van der Waals surface area contributed by atoms with E-state index < -0.39 is 5.97 Å². The molecule has 2 unspecified atom stereocenters. The van der Waals surface area contributed by atoms with Gasteiger partial charge in [-0.15, -0.1) is 0 Å². The predicted molar refractivity (Wildman–Crippen MR) is 127 cm³/mol. The summed E-state index contributed by atoms with van der Waals surface area (Å²) in [5.74, 6) is 0.877. The number of aliphatic imine (C=N–C) groups is 1. The van der Waals surface area contributed by atoms with Crippen molar-refractivity contribution < 1.29 is 9.53 Å². The molecule has 0 radical (unpaired) electrons. The predicted octanol–water partition coefficient (Wildman–Crippen LogP) is 4.03. The minimum absolute atomic E-state index is 0.0227. The zero-order chi connectivity index (χ0) is 22.1. The maximum Gasteiger partial charge on any atom is 0.343 e. The lowest BCUT2D eigenvalue weighted by atomic mass is 9.92. The molecule has 1 fully saturated rings. The molecule has 3 aromatic carbocycles. The zero-order valence-corrected chi connectivity index (χ0v) is 17.6. The van der Waals surface area contributed by atoms with Crippen molar-refractivity contribution in [3.63, 3.8) is 0 Å². The van der Waals surface area contributed by atoms with Gasteiger partial charge in [-0.05, 0) is 66.1 Å². The number of nitrogens with one attached hydrogen (secondary N) is 3. The van der Waals surface area contributed by atoms with Crippen LogP contribution in [0.4, 0.5) is 5.69 Å². The minimum atomic E-state index is -0.418. The van der Waals surface area contributed by atoms with Crippen LogP contribution in [0.15, 0.2) is 65.7 Å². The first-order chi connectivity index (χ1) is 15.5. The van der Waals surface area contributed by atoms with Crippen molar-refractivity contribution in [3.05, 3.63) is 71.8 Å². The van der Waals surface area contributed by atoms with Crippen LogP contribution < -0.4 is 21.1 Å². The van der Waals surface area contributed by atoms with Gasteiger partial charge in [0, 0.05) is 11.3 Å². The largest absolute Gasteiger partial charge is 0.423 e. The lowest BCUT2D eigenvalue weighted by Crippen LogP contribution is -2.38. The van der Waals surface area contributed by atoms with Crippen LogP contribution in [-0.4, -0.2) is 29.8 Å². The number of hydrogen-bond acceptors (Lipinski definition) is 6. The number of nitrogens with zero attached hydrogens (tertiary/aromatic N) is 1. The maximum atomic E-state index is 12.6. The smallest absolute Gasteiger partial charge is 0.343 e. The molecular formula is C25H25N5O2. The molecule has 0 amide bonds. The second kappa shape index (κ2) is 8.34. The van der Waals surface area contributed by atoms with Crippen molar-refractivity contribution in [2.24, 2.45) is 10.7 Å². The number of ether oxygens (including phenoxy) is 1. The van der Waals surface area contributed by atoms with Gasteiger partial charge in [-0.1, -0.05) is 31.0 Å². The van der Waals surface area contributed by atoms with Crippen LogP contribution in [0.2, 0.25) is 0 Å². The molecule has 0 aromatic heterocycles. The maximum absolute atomic E-state index is 12.6. The molecule has 5 N–H and O–H groups in total. The molecule has 1 aliphatic heterocycles. The number of esters is 1. The van der Waals surface area contributed by atoms with Gasteiger partial charge in [-0.2, -0.15) is 0 Å². The molecule has 2 aliphatic rings. The van der Waals surface area contributed by atoms with Crippen molar-refractivity contribution in [1.29, 1.82) is 5.41 Å². The molecule has 0 bridgehead atoms. The van der Waals surface area contributed by atoms with E-state index in [2.05, 4.69) is 10.6 Å². The van der Waals surface area contributed by atoms with Crippen molar-refractivity contribution in [2.75, 3.05) is 5.32 Å². The number of guanidine groups is 1. The van der Waals surface area contributed by atoms with E-state index in [-0.39, 0.29) is 5.84 Å². The topological polar surface area (TPSA) is 113 Å². The third kappa shape index (κ3) is 4.14. The number of anilines is 1. The fourth-order valence-electron chi connectivity index (χ4n) is 4.33. The lowest BCUT2D eigenvalue weighted by Gasteiger charge is -2.23. The van der Waals surface area contributed by atoms with Gasteiger partial charge in [-0.3, -0.25) is 5.41 Å². The Labute approximate surface area is 186 Å². The van der Waals surface area contributed by atoms with Crippen LogP contribution in [0.3, 0.4) is 0 Å². The number of hydrogen-bond donors (Lipinski definition) is 4. The van der Waals surface area contributed by atoms with Gasteiger partial charge in [0.15, 0.2) is 5.96 Å². The van der Waals surface area contributed by atoms with Crippen molar-refractivity contribution in [3.8, 4) is 5.75 Å². The Bertz CT molecular complexity index is 1220. The Kier molecular flexibility index (Phi) is 5.23. The molecule has 0 spiro atoms. The highest BCUT2D eigenvalue weighted by Crippen LogP contribution is 2.26. The van der Waals surface area contributed by atoms with Gasteiger partial charge in [0.05, 0.1) is 17.6 Å². The summed E-state index contributed by atoms with van der Waals surface area (Å²) in [5, 5.41) is 16.2. The Hall–Kier alpha value is -3.87. The molecule has 32 heavy (non-hydrogen) atoms. The molecule has 5 rings (SSSR count). The van der Waals surface area contributed by atoms with Crippen molar-refractivity contribution in [2.45, 2.75) is 37.8 Å². The number of benzene rings is 3. The molecule has 2 atom stereocenters. The highest BCUT2D eigenvalue weighted by Gasteiger charge is 2.30. The monoisotopic (exact) mass is 427 g/mol. The first-order valence-electron chi connectivity index (χ1n) is 10.9.